The maximum atomic E-state index is 13.0. The maximum absolute atomic E-state index is 13.0. The lowest BCUT2D eigenvalue weighted by Crippen LogP contribution is -2.13. The van der Waals surface area contributed by atoms with Crippen LogP contribution < -0.4 is 16.4 Å². The lowest BCUT2D eigenvalue weighted by atomic mass is 10.1. The van der Waals surface area contributed by atoms with Crippen LogP contribution >= 0.6 is 7.82 Å². The minimum absolute atomic E-state index is 0.0764. The molecule has 0 bridgehead atoms. The van der Waals surface area contributed by atoms with E-state index in [0.29, 0.717) is 12.2 Å². The molecule has 0 fully saturated rings. The number of alkyl halides is 3. The number of unbranched alkanes of at least 4 members (excludes halogenated alkanes) is 3. The standard InChI is InChI=1S/C14H22F3N3.C4H11O4P/c1-3-4-5-6-7-20-12-9-13(19-2)11(18)8-10(12)14(15,16)17;1-3-7-9(5,6)8-4-2/h8-9,19-20H,3-7,18H2,1-2H3;3-4H2,1-2H3,(H,5,6). The second-order valence-electron chi connectivity index (χ2n) is 6.02. The monoisotopic (exact) mass is 443 g/mol. The molecule has 0 aliphatic rings. The van der Waals surface area contributed by atoms with E-state index in [-0.39, 0.29) is 24.6 Å². The third-order valence-corrected chi connectivity index (χ3v) is 4.86. The van der Waals surface area contributed by atoms with Gasteiger partial charge < -0.3 is 21.3 Å². The number of anilines is 3. The fourth-order valence-corrected chi connectivity index (χ4v) is 3.08. The van der Waals surface area contributed by atoms with Crippen LogP contribution in [0.2, 0.25) is 0 Å². The van der Waals surface area contributed by atoms with Gasteiger partial charge in [-0.1, -0.05) is 26.2 Å². The van der Waals surface area contributed by atoms with Gasteiger partial charge in [0.2, 0.25) is 0 Å². The molecule has 1 rings (SSSR count). The minimum Gasteiger partial charge on any atom is -0.397 e. The Morgan fingerprint density at radius 1 is 1.07 bits per heavy atom. The largest absolute Gasteiger partial charge is 0.472 e. The lowest BCUT2D eigenvalue weighted by Gasteiger charge is -2.17. The van der Waals surface area contributed by atoms with Crippen LogP contribution in [0.5, 0.6) is 0 Å². The Bertz CT molecular complexity index is 636. The van der Waals surface area contributed by atoms with Gasteiger partial charge in [-0.05, 0) is 32.4 Å². The molecular weight excluding hydrogens is 410 g/mol. The highest BCUT2D eigenvalue weighted by Gasteiger charge is 2.34. The second kappa shape index (κ2) is 13.7. The summed E-state index contributed by atoms with van der Waals surface area (Å²) in [5.74, 6) is 0. The second-order valence-corrected chi connectivity index (χ2v) is 7.48. The molecule has 11 heteroatoms. The molecule has 170 valence electrons. The summed E-state index contributed by atoms with van der Waals surface area (Å²) in [5.41, 5.74) is 5.55. The van der Waals surface area contributed by atoms with Gasteiger partial charge in [-0.3, -0.25) is 9.05 Å². The first-order valence-corrected chi connectivity index (χ1v) is 11.1. The molecule has 1 aromatic carbocycles. The molecule has 29 heavy (non-hydrogen) atoms. The molecule has 0 heterocycles. The SMILES string of the molecule is CCCCCCNc1cc(NC)c(N)cc1C(F)(F)F.CCOP(=O)(O)OCC. The Morgan fingerprint density at radius 3 is 2.10 bits per heavy atom. The first-order chi connectivity index (χ1) is 13.5. The van der Waals surface area contributed by atoms with E-state index < -0.39 is 19.6 Å². The summed E-state index contributed by atoms with van der Waals surface area (Å²) in [5, 5.41) is 5.66. The topological polar surface area (TPSA) is 106 Å². The van der Waals surface area contributed by atoms with Crippen LogP contribution in [0.15, 0.2) is 12.1 Å². The number of halogens is 3. The highest BCUT2D eigenvalue weighted by Crippen LogP contribution is 2.42. The normalized spacial score (nSPS) is 11.6. The van der Waals surface area contributed by atoms with Crippen molar-refractivity contribution in [3.05, 3.63) is 17.7 Å². The van der Waals surface area contributed by atoms with Gasteiger partial charge in [0.25, 0.3) is 0 Å². The number of nitrogen functional groups attached to an aromatic ring is 1. The molecule has 0 atom stereocenters. The van der Waals surface area contributed by atoms with Gasteiger partial charge in [-0.15, -0.1) is 0 Å². The summed E-state index contributed by atoms with van der Waals surface area (Å²) in [7, 11) is -2.06. The Labute approximate surface area is 170 Å². The number of nitrogens with one attached hydrogen (secondary N) is 2. The number of rotatable bonds is 11. The zero-order valence-electron chi connectivity index (χ0n) is 17.4. The third-order valence-electron chi connectivity index (χ3n) is 3.69. The molecule has 0 aromatic heterocycles. The van der Waals surface area contributed by atoms with Crippen LogP contribution in [0.4, 0.5) is 30.2 Å². The van der Waals surface area contributed by atoms with Crippen molar-refractivity contribution in [2.24, 2.45) is 0 Å². The summed E-state index contributed by atoms with van der Waals surface area (Å²) < 4.78 is 58.2. The first-order valence-electron chi connectivity index (χ1n) is 9.56. The quantitative estimate of drug-likeness (QED) is 0.204. The molecule has 0 aliphatic heterocycles. The van der Waals surface area contributed by atoms with Crippen molar-refractivity contribution in [2.75, 3.05) is 43.2 Å². The van der Waals surface area contributed by atoms with E-state index in [9.17, 15) is 17.7 Å². The van der Waals surface area contributed by atoms with Crippen molar-refractivity contribution >= 4 is 24.9 Å². The van der Waals surface area contributed by atoms with Crippen molar-refractivity contribution in [1.82, 2.24) is 0 Å². The summed E-state index contributed by atoms with van der Waals surface area (Å²) in [4.78, 5) is 8.63. The number of hydrogen-bond donors (Lipinski definition) is 4. The van der Waals surface area contributed by atoms with Crippen LogP contribution in [-0.2, 0) is 19.8 Å². The molecule has 0 aliphatic carbocycles. The van der Waals surface area contributed by atoms with Crippen molar-refractivity contribution < 1.29 is 31.7 Å². The van der Waals surface area contributed by atoms with Gasteiger partial charge in [0, 0.05) is 19.3 Å². The molecule has 0 amide bonds. The van der Waals surface area contributed by atoms with Gasteiger partial charge in [0.15, 0.2) is 0 Å². The average Bonchev–Trinajstić information content (AvgIpc) is 2.62. The Morgan fingerprint density at radius 2 is 1.66 bits per heavy atom. The predicted molar refractivity (Wildman–Crippen MR) is 111 cm³/mol. The molecule has 5 N–H and O–H groups in total. The molecule has 0 saturated carbocycles. The Hall–Kier alpha value is -1.48. The van der Waals surface area contributed by atoms with Crippen LogP contribution in [0, 0.1) is 0 Å². The molecule has 1 aromatic rings. The lowest BCUT2D eigenvalue weighted by molar-refractivity contribution is -0.136. The smallest absolute Gasteiger partial charge is 0.397 e. The van der Waals surface area contributed by atoms with E-state index in [2.05, 4.69) is 26.6 Å². The molecule has 7 nitrogen and oxygen atoms in total. The number of phosphoric acid groups is 1. The fraction of sp³-hybridized carbons (Fsp3) is 0.667. The van der Waals surface area contributed by atoms with Gasteiger partial charge in [-0.2, -0.15) is 13.2 Å². The van der Waals surface area contributed by atoms with Crippen molar-refractivity contribution in [3.8, 4) is 0 Å². The number of nitrogens with two attached hydrogens (primary N) is 1. The Kier molecular flexibility index (Phi) is 13.0. The highest BCUT2D eigenvalue weighted by atomic mass is 31.2. The van der Waals surface area contributed by atoms with E-state index in [1.165, 1.54) is 6.07 Å². The average molecular weight is 443 g/mol. The van der Waals surface area contributed by atoms with E-state index in [4.69, 9.17) is 10.6 Å². The summed E-state index contributed by atoms with van der Waals surface area (Å²) in [6.45, 7) is 6.25. The summed E-state index contributed by atoms with van der Waals surface area (Å²) in [6, 6.07) is 2.39. The van der Waals surface area contributed by atoms with Crippen LogP contribution in [-0.4, -0.2) is 31.7 Å². The van der Waals surface area contributed by atoms with Crippen LogP contribution in [0.25, 0.3) is 0 Å². The third kappa shape index (κ3) is 11.3. The van der Waals surface area contributed by atoms with Gasteiger partial charge in [0.1, 0.15) is 0 Å². The predicted octanol–water partition coefficient (Wildman–Crippen LogP) is 5.48. The van der Waals surface area contributed by atoms with E-state index in [0.717, 1.165) is 31.7 Å². The van der Waals surface area contributed by atoms with Crippen molar-refractivity contribution in [2.45, 2.75) is 52.6 Å². The van der Waals surface area contributed by atoms with E-state index >= 15 is 0 Å². The molecule has 0 spiro atoms. The van der Waals surface area contributed by atoms with Crippen molar-refractivity contribution in [3.63, 3.8) is 0 Å². The zero-order valence-corrected chi connectivity index (χ0v) is 18.3. The molecule has 0 radical (unpaired) electrons. The number of phosphoric ester groups is 1. The van der Waals surface area contributed by atoms with Gasteiger partial charge in [-0.25, -0.2) is 4.57 Å². The fourth-order valence-electron chi connectivity index (χ4n) is 2.35. The van der Waals surface area contributed by atoms with Gasteiger partial charge in [0.05, 0.1) is 30.2 Å². The van der Waals surface area contributed by atoms with Crippen LogP contribution in [0.1, 0.15) is 52.0 Å². The van der Waals surface area contributed by atoms with E-state index in [1.807, 2.05) is 0 Å². The molecule has 0 unspecified atom stereocenters. The Balaban J connectivity index is 0.000000734. The maximum Gasteiger partial charge on any atom is 0.472 e. The number of benzene rings is 1. The first kappa shape index (κ1) is 27.5. The number of hydrogen-bond acceptors (Lipinski definition) is 6. The van der Waals surface area contributed by atoms with E-state index in [1.54, 1.807) is 20.9 Å². The highest BCUT2D eigenvalue weighted by molar-refractivity contribution is 7.47. The minimum atomic E-state index is -4.41. The molecule has 0 saturated heterocycles. The summed E-state index contributed by atoms with van der Waals surface area (Å²) in [6.07, 6.45) is -0.355. The zero-order chi connectivity index (χ0) is 22.5. The summed E-state index contributed by atoms with van der Waals surface area (Å²) >= 11 is 0. The molecular formula is C18H33F3N3O4P. The van der Waals surface area contributed by atoms with Crippen LogP contribution in [0.3, 0.4) is 0 Å². The van der Waals surface area contributed by atoms with Gasteiger partial charge >= 0.3 is 14.0 Å². The van der Waals surface area contributed by atoms with Crippen molar-refractivity contribution in [1.29, 1.82) is 0 Å².